The summed E-state index contributed by atoms with van der Waals surface area (Å²) in [5.74, 6) is -0.206. The minimum Gasteiger partial charge on any atom is -0.377 e. The van der Waals surface area contributed by atoms with Gasteiger partial charge in [0.25, 0.3) is 0 Å². The van der Waals surface area contributed by atoms with E-state index in [0.717, 1.165) is 23.9 Å². The second kappa shape index (κ2) is 5.98. The maximum atomic E-state index is 13.2. The molecule has 3 nitrogen and oxygen atoms in total. The highest BCUT2D eigenvalue weighted by molar-refractivity contribution is 5.80. The van der Waals surface area contributed by atoms with Crippen LogP contribution in [0.15, 0.2) is 30.5 Å². The maximum Gasteiger partial charge on any atom is 0.125 e. The van der Waals surface area contributed by atoms with Gasteiger partial charge in [0.1, 0.15) is 5.82 Å². The van der Waals surface area contributed by atoms with Crippen LogP contribution in [0.2, 0.25) is 0 Å². The summed E-state index contributed by atoms with van der Waals surface area (Å²) in [5, 5.41) is 1.05. The normalized spacial score (nSPS) is 13.1. The summed E-state index contributed by atoms with van der Waals surface area (Å²) in [7, 11) is 0. The summed E-state index contributed by atoms with van der Waals surface area (Å²) < 4.78 is 20.8. The van der Waals surface area contributed by atoms with Crippen LogP contribution in [0.25, 0.3) is 10.9 Å². The highest BCUT2D eigenvalue weighted by Crippen LogP contribution is 2.17. The van der Waals surface area contributed by atoms with E-state index in [-0.39, 0.29) is 11.9 Å². The lowest BCUT2D eigenvalue weighted by molar-refractivity contribution is 0.0601. The zero-order valence-electron chi connectivity index (χ0n) is 10.6. The molecule has 0 aliphatic heterocycles. The smallest absolute Gasteiger partial charge is 0.125 e. The number of aromatic nitrogens is 1. The van der Waals surface area contributed by atoms with Crippen LogP contribution in [0.5, 0.6) is 0 Å². The first-order chi connectivity index (χ1) is 8.74. The van der Waals surface area contributed by atoms with E-state index in [2.05, 4.69) is 0 Å². The summed E-state index contributed by atoms with van der Waals surface area (Å²) >= 11 is 0. The largest absolute Gasteiger partial charge is 0.377 e. The van der Waals surface area contributed by atoms with Gasteiger partial charge in [-0.25, -0.2) is 4.39 Å². The van der Waals surface area contributed by atoms with E-state index >= 15 is 0 Å². The lowest BCUT2D eigenvalue weighted by Gasteiger charge is -2.15. The van der Waals surface area contributed by atoms with E-state index < -0.39 is 0 Å². The predicted octanol–water partition coefficient (Wildman–Crippen LogP) is 2.53. The Balaban J connectivity index is 2.09. The summed E-state index contributed by atoms with van der Waals surface area (Å²) in [6.45, 7) is 3.93. The molecular formula is C14H19FN2O. The first-order valence-corrected chi connectivity index (χ1v) is 6.30. The molecule has 0 fully saturated rings. The minimum absolute atomic E-state index is 0.0704. The molecule has 18 heavy (non-hydrogen) atoms. The van der Waals surface area contributed by atoms with E-state index in [9.17, 15) is 4.39 Å². The minimum atomic E-state index is -0.206. The molecule has 4 heteroatoms. The Kier molecular flexibility index (Phi) is 4.33. The third-order valence-corrected chi connectivity index (χ3v) is 3.09. The molecule has 1 heterocycles. The molecular weight excluding hydrogens is 231 g/mol. The summed E-state index contributed by atoms with van der Waals surface area (Å²) in [4.78, 5) is 0. The van der Waals surface area contributed by atoms with Gasteiger partial charge in [0.15, 0.2) is 0 Å². The molecule has 0 amide bonds. The number of aryl methyl sites for hydroxylation is 1. The highest BCUT2D eigenvalue weighted by atomic mass is 19.1. The van der Waals surface area contributed by atoms with Gasteiger partial charge < -0.3 is 15.0 Å². The number of hydrogen-bond acceptors (Lipinski definition) is 2. The average molecular weight is 250 g/mol. The van der Waals surface area contributed by atoms with Crippen molar-refractivity contribution in [3.63, 3.8) is 0 Å². The van der Waals surface area contributed by atoms with Gasteiger partial charge in [-0.05, 0) is 43.0 Å². The van der Waals surface area contributed by atoms with Crippen LogP contribution in [0.1, 0.15) is 13.3 Å². The molecule has 0 saturated heterocycles. The number of benzene rings is 1. The number of fused-ring (bicyclic) bond motifs is 1. The quantitative estimate of drug-likeness (QED) is 0.855. The standard InChI is InChI=1S/C14H19FN2O/c1-2-18-13(10-16)6-8-17-7-5-11-3-4-12(15)9-14(11)17/h3-5,7,9,13H,2,6,8,10,16H2,1H3. The number of hydrogen-bond donors (Lipinski definition) is 1. The van der Waals surface area contributed by atoms with Crippen LogP contribution >= 0.6 is 0 Å². The first-order valence-electron chi connectivity index (χ1n) is 6.30. The van der Waals surface area contributed by atoms with Crippen molar-refractivity contribution >= 4 is 10.9 Å². The lowest BCUT2D eigenvalue weighted by atomic mass is 10.2. The molecule has 0 saturated carbocycles. The molecule has 0 aliphatic rings. The van der Waals surface area contributed by atoms with Crippen molar-refractivity contribution in [1.82, 2.24) is 4.57 Å². The molecule has 98 valence electrons. The van der Waals surface area contributed by atoms with Gasteiger partial charge in [0, 0.05) is 25.9 Å². The van der Waals surface area contributed by atoms with Crippen molar-refractivity contribution in [2.24, 2.45) is 5.73 Å². The lowest BCUT2D eigenvalue weighted by Crippen LogP contribution is -2.25. The number of rotatable bonds is 6. The predicted molar refractivity (Wildman–Crippen MR) is 71.0 cm³/mol. The Bertz CT molecular complexity index is 509. The van der Waals surface area contributed by atoms with Gasteiger partial charge in [-0.15, -0.1) is 0 Å². The van der Waals surface area contributed by atoms with Gasteiger partial charge in [0.05, 0.1) is 11.6 Å². The summed E-state index contributed by atoms with van der Waals surface area (Å²) in [6, 6.07) is 6.83. The van der Waals surface area contributed by atoms with Crippen molar-refractivity contribution < 1.29 is 9.13 Å². The SMILES string of the molecule is CCOC(CN)CCn1ccc2ccc(F)cc21. The Morgan fingerprint density at radius 3 is 2.94 bits per heavy atom. The van der Waals surface area contributed by atoms with Crippen LogP contribution in [-0.4, -0.2) is 23.8 Å². The van der Waals surface area contributed by atoms with E-state index in [4.69, 9.17) is 10.5 Å². The second-order valence-electron chi connectivity index (χ2n) is 4.31. The van der Waals surface area contributed by atoms with E-state index in [1.807, 2.05) is 23.8 Å². The molecule has 0 spiro atoms. The number of nitrogens with two attached hydrogens (primary N) is 1. The van der Waals surface area contributed by atoms with E-state index in [1.165, 1.54) is 6.07 Å². The van der Waals surface area contributed by atoms with Crippen molar-refractivity contribution in [2.75, 3.05) is 13.2 Å². The molecule has 0 bridgehead atoms. The number of ether oxygens (including phenoxy) is 1. The molecule has 2 N–H and O–H groups in total. The Labute approximate surface area is 106 Å². The van der Waals surface area contributed by atoms with Crippen LogP contribution in [0.3, 0.4) is 0 Å². The van der Waals surface area contributed by atoms with Crippen LogP contribution < -0.4 is 5.73 Å². The van der Waals surface area contributed by atoms with Crippen molar-refractivity contribution in [3.8, 4) is 0 Å². The Hall–Kier alpha value is -1.39. The van der Waals surface area contributed by atoms with Gasteiger partial charge in [-0.3, -0.25) is 0 Å². The monoisotopic (exact) mass is 250 g/mol. The van der Waals surface area contributed by atoms with Crippen molar-refractivity contribution in [3.05, 3.63) is 36.3 Å². The van der Waals surface area contributed by atoms with Gasteiger partial charge in [-0.2, -0.15) is 0 Å². The molecule has 0 radical (unpaired) electrons. The highest BCUT2D eigenvalue weighted by Gasteiger charge is 2.08. The number of halogens is 1. The van der Waals surface area contributed by atoms with Crippen molar-refractivity contribution in [2.45, 2.75) is 26.0 Å². The fourth-order valence-electron chi connectivity index (χ4n) is 2.14. The molecule has 1 unspecified atom stereocenters. The molecule has 2 aromatic rings. The third kappa shape index (κ3) is 2.89. The zero-order valence-corrected chi connectivity index (χ0v) is 10.6. The fourth-order valence-corrected chi connectivity index (χ4v) is 2.14. The topological polar surface area (TPSA) is 40.2 Å². The van der Waals surface area contributed by atoms with Gasteiger partial charge in [0.2, 0.25) is 0 Å². The first kappa shape index (κ1) is 13.1. The fraction of sp³-hybridized carbons (Fsp3) is 0.429. The van der Waals surface area contributed by atoms with E-state index in [1.54, 1.807) is 12.1 Å². The molecule has 1 aromatic heterocycles. The number of nitrogens with zero attached hydrogens (tertiary/aromatic N) is 1. The summed E-state index contributed by atoms with van der Waals surface area (Å²) in [6.07, 6.45) is 2.88. The van der Waals surface area contributed by atoms with E-state index in [0.29, 0.717) is 13.2 Å². The molecule has 1 aromatic carbocycles. The van der Waals surface area contributed by atoms with Crippen LogP contribution in [-0.2, 0) is 11.3 Å². The summed E-state index contributed by atoms with van der Waals surface area (Å²) in [5.41, 5.74) is 6.56. The Morgan fingerprint density at radius 2 is 2.22 bits per heavy atom. The van der Waals surface area contributed by atoms with Crippen LogP contribution in [0, 0.1) is 5.82 Å². The second-order valence-corrected chi connectivity index (χ2v) is 4.31. The molecule has 2 rings (SSSR count). The third-order valence-electron chi connectivity index (χ3n) is 3.09. The average Bonchev–Trinajstić information content (AvgIpc) is 2.77. The maximum absolute atomic E-state index is 13.2. The van der Waals surface area contributed by atoms with Gasteiger partial charge >= 0.3 is 0 Å². The zero-order chi connectivity index (χ0) is 13.0. The Morgan fingerprint density at radius 1 is 1.39 bits per heavy atom. The van der Waals surface area contributed by atoms with Crippen molar-refractivity contribution in [1.29, 1.82) is 0 Å². The van der Waals surface area contributed by atoms with Gasteiger partial charge in [-0.1, -0.05) is 0 Å². The molecule has 0 aliphatic carbocycles. The van der Waals surface area contributed by atoms with Crippen LogP contribution in [0.4, 0.5) is 4.39 Å². The molecule has 1 atom stereocenters.